The lowest BCUT2D eigenvalue weighted by atomic mass is 10.0. The monoisotopic (exact) mass is 1290 g/mol. The summed E-state index contributed by atoms with van der Waals surface area (Å²) < 4.78 is 3.74. The van der Waals surface area contributed by atoms with E-state index in [0.717, 1.165) is 77.6 Å². The molecule has 0 unspecified atom stereocenters. The van der Waals surface area contributed by atoms with E-state index in [0.29, 0.717) is 47.3 Å². The molecule has 0 fully saturated rings. The SMILES string of the molecule is CC(C)c1cc2cn[nH]c2cn1.CC(C)c1ccc2[nH]ncc2c1.CC(C)c1ccc2[nH]ncc2n1.CC(C)c1ccc2cn[nH]c2c1.CC(C)c1ccc2cncn2c1.CC(C)c1ccc2n[nH]nc2c1.CC(C)c1ccc2nnnn2c1.CC(C)c1cnc2[nH]ncc2c1. The third kappa shape index (κ3) is 18.7. The topological polar surface area (TPSA) is 284 Å². The minimum Gasteiger partial charge on any atom is -0.306 e. The number of aromatic amines is 6. The van der Waals surface area contributed by atoms with Gasteiger partial charge in [-0.3, -0.25) is 30.5 Å². The Morgan fingerprint density at radius 2 is 0.906 bits per heavy atom. The van der Waals surface area contributed by atoms with Crippen LogP contribution >= 0.6 is 0 Å². The molecule has 0 saturated heterocycles. The summed E-state index contributed by atoms with van der Waals surface area (Å²) in [6, 6.07) is 35.5. The van der Waals surface area contributed by atoms with Crippen LogP contribution in [0.1, 0.15) is 203 Å². The number of benzene rings is 3. The fraction of sp³-hybridized carbons (Fsp3) is 0.324. The van der Waals surface area contributed by atoms with Crippen LogP contribution in [0.25, 0.3) is 77.0 Å². The fourth-order valence-corrected chi connectivity index (χ4v) is 9.74. The number of hydrogen-bond donors (Lipinski definition) is 6. The van der Waals surface area contributed by atoms with Crippen LogP contribution in [0.4, 0.5) is 0 Å². The van der Waals surface area contributed by atoms with Gasteiger partial charge in [-0.15, -0.1) is 5.10 Å². The van der Waals surface area contributed by atoms with Crippen molar-refractivity contribution in [3.8, 4) is 0 Å². The first-order valence-corrected chi connectivity index (χ1v) is 32.8. The highest BCUT2D eigenvalue weighted by molar-refractivity contribution is 5.80. The highest BCUT2D eigenvalue weighted by atomic mass is 15.5. The van der Waals surface area contributed by atoms with E-state index in [1.54, 1.807) is 16.9 Å². The van der Waals surface area contributed by atoms with Crippen LogP contribution in [-0.2, 0) is 0 Å². The number of hydrogen-bond acceptors (Lipinski definition) is 14. The zero-order valence-corrected chi connectivity index (χ0v) is 57.9. The number of rotatable bonds is 8. The molecule has 16 rings (SSSR count). The number of nitrogens with zero attached hydrogens (tertiary/aromatic N) is 16. The molecular formula is C74H90N22. The Morgan fingerprint density at radius 1 is 0.354 bits per heavy atom. The van der Waals surface area contributed by atoms with E-state index in [2.05, 4.69) is 302 Å². The first-order chi connectivity index (χ1) is 46.2. The standard InChI is InChI=1S/3C10H12N2.4C9H11N3.C8H10N4/c1-8(2)9-3-4-10-5-11-7-12(10)6-9;1-7(2)8-3-4-10-9(5-8)6-11-12-10;1-7(2)8-3-4-9-6-11-12-10(9)5-8;1-6(2)8-3-7-4-11-12-9(7)5-10-8;1-6(2)7-3-8-5-11-12-9(8)10-4-7;1-6(2)7-3-4-8-9(11-7)5-10-12-8;1-6(2)7-3-4-8-9(5-7)11-12-10-8;1-6(2)7-3-4-8-9-10-11-12(8)5-7/h3-8H,1-2H3;2*3-7H,1-2H3,(H,11,12);3-6H,1-2H3,(H,11,12);3-6H,1-2H3,(H,10,11,12);3-6H,1-2H3,(H,10,12);3-6H,1-2H3,(H,10,11,12);3-6H,1-2H3. The van der Waals surface area contributed by atoms with Crippen molar-refractivity contribution >= 4 is 77.0 Å². The quantitative estimate of drug-likeness (QED) is 0.0825. The van der Waals surface area contributed by atoms with Gasteiger partial charge in [0.2, 0.25) is 0 Å². The van der Waals surface area contributed by atoms with Gasteiger partial charge in [0.15, 0.2) is 11.3 Å². The maximum atomic E-state index is 4.44. The van der Waals surface area contributed by atoms with Gasteiger partial charge < -0.3 is 4.40 Å². The molecule has 6 N–H and O–H groups in total. The summed E-state index contributed by atoms with van der Waals surface area (Å²) in [5, 5.41) is 60.6. The Labute approximate surface area is 559 Å². The second-order valence-electron chi connectivity index (χ2n) is 26.1. The van der Waals surface area contributed by atoms with Crippen molar-refractivity contribution in [3.63, 3.8) is 0 Å². The van der Waals surface area contributed by atoms with E-state index in [1.807, 2.05) is 74.0 Å². The highest BCUT2D eigenvalue weighted by Crippen LogP contribution is 2.24. The number of H-pyrrole nitrogens is 6. The third-order valence-corrected chi connectivity index (χ3v) is 16.1. The van der Waals surface area contributed by atoms with E-state index in [-0.39, 0.29) is 0 Å². The second kappa shape index (κ2) is 32.8. The number of aromatic nitrogens is 22. The van der Waals surface area contributed by atoms with Crippen LogP contribution in [0, 0.1) is 0 Å². The Balaban J connectivity index is 0.000000129. The van der Waals surface area contributed by atoms with Crippen LogP contribution < -0.4 is 0 Å². The minimum atomic E-state index is 0.476. The second-order valence-corrected chi connectivity index (χ2v) is 26.1. The summed E-state index contributed by atoms with van der Waals surface area (Å²) in [6.45, 7) is 34.6. The molecule has 0 aliphatic carbocycles. The molecule has 22 nitrogen and oxygen atoms in total. The number of fused-ring (bicyclic) bond motifs is 8. The summed E-state index contributed by atoms with van der Waals surface area (Å²) in [5.74, 6) is 4.29. The Morgan fingerprint density at radius 3 is 1.62 bits per heavy atom. The van der Waals surface area contributed by atoms with Gasteiger partial charge in [0.05, 0.1) is 77.3 Å². The molecule has 0 radical (unpaired) electrons. The van der Waals surface area contributed by atoms with Gasteiger partial charge in [-0.25, -0.2) is 19.5 Å². The summed E-state index contributed by atoms with van der Waals surface area (Å²) in [4.78, 5) is 17.1. The van der Waals surface area contributed by atoms with Gasteiger partial charge in [0.1, 0.15) is 16.6 Å². The van der Waals surface area contributed by atoms with Gasteiger partial charge in [-0.2, -0.15) is 40.9 Å². The lowest BCUT2D eigenvalue weighted by Gasteiger charge is -2.04. The predicted molar refractivity (Wildman–Crippen MR) is 386 cm³/mol. The van der Waals surface area contributed by atoms with Gasteiger partial charge in [-0.1, -0.05) is 147 Å². The lowest BCUT2D eigenvalue weighted by molar-refractivity contribution is 0.795. The maximum absolute atomic E-state index is 4.44. The zero-order valence-electron chi connectivity index (χ0n) is 57.9. The minimum absolute atomic E-state index is 0.476. The number of tetrazole rings is 1. The van der Waals surface area contributed by atoms with Crippen molar-refractivity contribution in [2.45, 2.75) is 158 Å². The average molecular weight is 1290 g/mol. The molecule has 13 heterocycles. The molecule has 0 atom stereocenters. The van der Waals surface area contributed by atoms with Gasteiger partial charge >= 0.3 is 0 Å². The van der Waals surface area contributed by atoms with Crippen LogP contribution in [0.3, 0.4) is 0 Å². The summed E-state index contributed by atoms with van der Waals surface area (Å²) in [7, 11) is 0. The summed E-state index contributed by atoms with van der Waals surface area (Å²) in [5.41, 5.74) is 20.0. The molecule has 496 valence electrons. The summed E-state index contributed by atoms with van der Waals surface area (Å²) in [6.07, 6.45) is 20.6. The molecular weight excluding hydrogens is 1200 g/mol. The first-order valence-electron chi connectivity index (χ1n) is 32.8. The smallest absolute Gasteiger partial charge is 0.179 e. The van der Waals surface area contributed by atoms with Gasteiger partial charge in [0, 0.05) is 51.5 Å². The van der Waals surface area contributed by atoms with Crippen molar-refractivity contribution in [1.82, 2.24) is 111 Å². The molecule has 0 spiro atoms. The molecule has 0 bridgehead atoms. The van der Waals surface area contributed by atoms with Crippen molar-refractivity contribution in [2.75, 3.05) is 0 Å². The molecule has 0 aliphatic heterocycles. The first kappa shape index (κ1) is 69.4. The average Bonchev–Trinajstić information content (AvgIpc) is 2.82. The molecule has 22 heteroatoms. The molecule has 0 aliphatic rings. The van der Waals surface area contributed by atoms with Crippen LogP contribution in [0.15, 0.2) is 171 Å². The Hall–Kier alpha value is -10.9. The van der Waals surface area contributed by atoms with E-state index in [1.165, 1.54) is 44.2 Å². The van der Waals surface area contributed by atoms with E-state index >= 15 is 0 Å². The molecule has 13 aromatic heterocycles. The van der Waals surface area contributed by atoms with Crippen LogP contribution in [0.2, 0.25) is 0 Å². The molecule has 3 aromatic carbocycles. The van der Waals surface area contributed by atoms with Gasteiger partial charge in [-0.05, 0) is 158 Å². The number of imidazole rings is 1. The maximum Gasteiger partial charge on any atom is 0.179 e. The lowest BCUT2D eigenvalue weighted by Crippen LogP contribution is -1.93. The van der Waals surface area contributed by atoms with Crippen LogP contribution in [0.5, 0.6) is 0 Å². The van der Waals surface area contributed by atoms with Crippen molar-refractivity contribution in [3.05, 3.63) is 216 Å². The fourth-order valence-electron chi connectivity index (χ4n) is 9.74. The van der Waals surface area contributed by atoms with E-state index in [4.69, 9.17) is 0 Å². The molecule has 16 aromatic rings. The van der Waals surface area contributed by atoms with Crippen LogP contribution in [-0.4, -0.2) is 111 Å². The zero-order chi connectivity index (χ0) is 68.4. The van der Waals surface area contributed by atoms with E-state index < -0.39 is 0 Å². The normalized spacial score (nSPS) is 11.2. The molecule has 0 saturated carbocycles. The predicted octanol–water partition coefficient (Wildman–Crippen LogP) is 17.4. The Bertz CT molecular complexity index is 4050. The molecule has 96 heavy (non-hydrogen) atoms. The van der Waals surface area contributed by atoms with Crippen molar-refractivity contribution in [1.29, 1.82) is 0 Å². The Kier molecular flexibility index (Phi) is 23.7. The number of pyridine rings is 5. The highest BCUT2D eigenvalue weighted by Gasteiger charge is 2.08. The van der Waals surface area contributed by atoms with Crippen molar-refractivity contribution in [2.24, 2.45) is 0 Å². The third-order valence-electron chi connectivity index (χ3n) is 16.1. The van der Waals surface area contributed by atoms with Crippen molar-refractivity contribution < 1.29 is 0 Å². The van der Waals surface area contributed by atoms with E-state index in [9.17, 15) is 0 Å². The molecule has 0 amide bonds. The largest absolute Gasteiger partial charge is 0.306 e. The number of nitrogens with one attached hydrogen (secondary N) is 6. The van der Waals surface area contributed by atoms with Gasteiger partial charge in [0.25, 0.3) is 0 Å². The summed E-state index contributed by atoms with van der Waals surface area (Å²) >= 11 is 0.